The van der Waals surface area contributed by atoms with Crippen LogP contribution in [0, 0.1) is 0 Å². The van der Waals surface area contributed by atoms with Crippen LogP contribution < -0.4 is 10.6 Å². The number of ether oxygens (including phenoxy) is 5. The molecular formula is C34H40N2O9. The van der Waals surface area contributed by atoms with Crippen LogP contribution in [0.4, 0.5) is 4.79 Å². The molecule has 2 amide bonds. The lowest BCUT2D eigenvalue weighted by molar-refractivity contribution is -0.139. The van der Waals surface area contributed by atoms with Crippen LogP contribution in [0.15, 0.2) is 72.8 Å². The number of nitrogens with one attached hydrogen (secondary N) is 2. The Hall–Kier alpha value is -4.29. The monoisotopic (exact) mass is 620 g/mol. The van der Waals surface area contributed by atoms with E-state index in [1.54, 1.807) is 31.4 Å². The largest absolute Gasteiger partial charge is 0.480 e. The molecule has 1 unspecified atom stereocenters. The summed E-state index contributed by atoms with van der Waals surface area (Å²) in [4.78, 5) is 37.1. The van der Waals surface area contributed by atoms with Crippen LogP contribution >= 0.6 is 0 Å². The summed E-state index contributed by atoms with van der Waals surface area (Å²) in [5.41, 5.74) is 5.41. The summed E-state index contributed by atoms with van der Waals surface area (Å²) < 4.78 is 26.6. The minimum atomic E-state index is -1.20. The maximum atomic E-state index is 12.7. The number of carboxylic acids is 1. The van der Waals surface area contributed by atoms with Crippen molar-refractivity contribution in [3.8, 4) is 11.1 Å². The van der Waals surface area contributed by atoms with Gasteiger partial charge < -0.3 is 39.4 Å². The number of rotatable bonds is 19. The first-order chi connectivity index (χ1) is 22.0. The van der Waals surface area contributed by atoms with Crippen molar-refractivity contribution >= 4 is 18.0 Å². The minimum Gasteiger partial charge on any atom is -0.480 e. The first-order valence-corrected chi connectivity index (χ1v) is 14.9. The fourth-order valence-electron chi connectivity index (χ4n) is 5.03. The van der Waals surface area contributed by atoms with E-state index < -0.39 is 18.1 Å². The molecular weight excluding hydrogens is 580 g/mol. The number of methoxy groups -OCH3 is 1. The van der Waals surface area contributed by atoms with Gasteiger partial charge in [-0.25, -0.2) is 9.59 Å². The smallest absolute Gasteiger partial charge is 0.407 e. The van der Waals surface area contributed by atoms with Crippen molar-refractivity contribution in [2.24, 2.45) is 0 Å². The molecule has 11 heteroatoms. The van der Waals surface area contributed by atoms with Crippen molar-refractivity contribution in [1.82, 2.24) is 10.6 Å². The van der Waals surface area contributed by atoms with Gasteiger partial charge in [-0.15, -0.1) is 0 Å². The molecule has 0 aliphatic heterocycles. The van der Waals surface area contributed by atoms with Gasteiger partial charge in [-0.2, -0.15) is 0 Å². The van der Waals surface area contributed by atoms with E-state index in [0.29, 0.717) is 63.9 Å². The number of carbonyl (C=O) groups excluding carboxylic acids is 2. The Morgan fingerprint density at radius 2 is 1.31 bits per heavy atom. The van der Waals surface area contributed by atoms with Crippen molar-refractivity contribution in [3.63, 3.8) is 0 Å². The second-order valence-electron chi connectivity index (χ2n) is 10.3. The lowest BCUT2D eigenvalue weighted by Crippen LogP contribution is -2.42. The molecule has 240 valence electrons. The summed E-state index contributed by atoms with van der Waals surface area (Å²) in [6.45, 7) is 3.61. The number of alkyl carbamates (subject to hydrolysis) is 1. The molecule has 0 saturated heterocycles. The average Bonchev–Trinajstić information content (AvgIpc) is 3.37. The summed E-state index contributed by atoms with van der Waals surface area (Å²) in [6, 6.07) is 21.3. The van der Waals surface area contributed by atoms with E-state index in [2.05, 4.69) is 10.6 Å². The first kappa shape index (κ1) is 33.6. The van der Waals surface area contributed by atoms with Crippen molar-refractivity contribution in [3.05, 3.63) is 95.1 Å². The molecule has 0 heterocycles. The van der Waals surface area contributed by atoms with Crippen molar-refractivity contribution in [1.29, 1.82) is 0 Å². The van der Waals surface area contributed by atoms with Crippen molar-refractivity contribution in [2.45, 2.75) is 18.4 Å². The number of aliphatic carboxylic acids is 1. The minimum absolute atomic E-state index is 0.0244. The highest BCUT2D eigenvalue weighted by Crippen LogP contribution is 2.44. The number of carboxylic acid groups (broad SMARTS) is 1. The van der Waals surface area contributed by atoms with Gasteiger partial charge in [-0.05, 0) is 39.9 Å². The lowest BCUT2D eigenvalue weighted by Gasteiger charge is -2.17. The highest BCUT2D eigenvalue weighted by molar-refractivity contribution is 5.94. The second kappa shape index (κ2) is 17.9. The van der Waals surface area contributed by atoms with E-state index in [1.165, 1.54) is 0 Å². The third-order valence-corrected chi connectivity index (χ3v) is 7.30. The van der Waals surface area contributed by atoms with Gasteiger partial charge in [0.15, 0.2) is 0 Å². The fraction of sp³-hybridized carbons (Fsp3) is 0.382. The standard InChI is InChI=1S/C34H40N2O9/c1-41-16-17-43-20-21-44-19-18-42-15-14-35-32(37)25-12-10-24(11-13-25)22-31(33(38)39)36-34(40)45-23-30-28-8-4-2-6-26(28)27-7-3-5-9-29(27)30/h2-13,30-31H,14-23H2,1H3,(H,35,37)(H,36,40)(H,38,39). The Labute approximate surface area is 262 Å². The van der Waals surface area contributed by atoms with Crippen LogP contribution in [0.3, 0.4) is 0 Å². The molecule has 3 aromatic carbocycles. The zero-order valence-electron chi connectivity index (χ0n) is 25.4. The third-order valence-electron chi connectivity index (χ3n) is 7.30. The maximum Gasteiger partial charge on any atom is 0.407 e. The molecule has 0 fully saturated rings. The molecule has 1 aliphatic carbocycles. The van der Waals surface area contributed by atoms with E-state index in [9.17, 15) is 19.5 Å². The van der Waals surface area contributed by atoms with Crippen molar-refractivity contribution in [2.75, 3.05) is 66.5 Å². The summed E-state index contributed by atoms with van der Waals surface area (Å²) in [7, 11) is 1.62. The summed E-state index contributed by atoms with van der Waals surface area (Å²) in [5, 5.41) is 15.0. The van der Waals surface area contributed by atoms with Crippen molar-refractivity contribution < 1.29 is 43.2 Å². The summed E-state index contributed by atoms with van der Waals surface area (Å²) >= 11 is 0. The van der Waals surface area contributed by atoms with Crippen LogP contribution in [0.25, 0.3) is 11.1 Å². The van der Waals surface area contributed by atoms with Crippen LogP contribution in [0.1, 0.15) is 33.0 Å². The molecule has 0 spiro atoms. The normalized spacial score (nSPS) is 12.6. The molecule has 1 atom stereocenters. The average molecular weight is 621 g/mol. The molecule has 1 aliphatic rings. The summed E-state index contributed by atoms with van der Waals surface area (Å²) in [6.07, 6.45) is -0.780. The molecule has 3 N–H and O–H groups in total. The van der Waals surface area contributed by atoms with Gasteiger partial charge in [0, 0.05) is 31.6 Å². The SMILES string of the molecule is COCCOCCOCCOCCNC(=O)c1ccc(CC(NC(=O)OCC2c3ccccc3-c3ccccc32)C(=O)O)cc1. The van der Waals surface area contributed by atoms with Gasteiger partial charge in [0.25, 0.3) is 5.91 Å². The van der Waals surface area contributed by atoms with Gasteiger partial charge in [-0.3, -0.25) is 4.79 Å². The number of carbonyl (C=O) groups is 3. The first-order valence-electron chi connectivity index (χ1n) is 14.9. The van der Waals surface area contributed by atoms with E-state index in [1.807, 2.05) is 48.5 Å². The Morgan fingerprint density at radius 3 is 1.89 bits per heavy atom. The number of amides is 2. The fourth-order valence-corrected chi connectivity index (χ4v) is 5.03. The van der Waals surface area contributed by atoms with Gasteiger partial charge in [-0.1, -0.05) is 60.7 Å². The van der Waals surface area contributed by atoms with Gasteiger partial charge in [0.2, 0.25) is 0 Å². The van der Waals surface area contributed by atoms with Crippen LogP contribution in [-0.2, 0) is 34.9 Å². The van der Waals surface area contributed by atoms with E-state index in [4.69, 9.17) is 23.7 Å². The molecule has 0 radical (unpaired) electrons. The number of benzene rings is 3. The molecule has 45 heavy (non-hydrogen) atoms. The molecule has 0 saturated carbocycles. The highest BCUT2D eigenvalue weighted by atomic mass is 16.6. The highest BCUT2D eigenvalue weighted by Gasteiger charge is 2.29. The maximum absolute atomic E-state index is 12.7. The molecule has 0 bridgehead atoms. The van der Waals surface area contributed by atoms with Gasteiger partial charge >= 0.3 is 12.1 Å². The third kappa shape index (κ3) is 10.1. The Bertz CT molecular complexity index is 1350. The zero-order valence-corrected chi connectivity index (χ0v) is 25.4. The predicted molar refractivity (Wildman–Crippen MR) is 166 cm³/mol. The van der Waals surface area contributed by atoms with Crippen LogP contribution in [0.2, 0.25) is 0 Å². The molecule has 11 nitrogen and oxygen atoms in total. The van der Waals surface area contributed by atoms with Crippen LogP contribution in [0.5, 0.6) is 0 Å². The van der Waals surface area contributed by atoms with Crippen LogP contribution in [-0.4, -0.2) is 95.6 Å². The van der Waals surface area contributed by atoms with E-state index in [0.717, 1.165) is 22.3 Å². The second-order valence-corrected chi connectivity index (χ2v) is 10.3. The Kier molecular flexibility index (Phi) is 13.3. The van der Waals surface area contributed by atoms with E-state index >= 15 is 0 Å². The van der Waals surface area contributed by atoms with Gasteiger partial charge in [0.05, 0.1) is 46.2 Å². The number of hydrogen-bond acceptors (Lipinski definition) is 8. The lowest BCUT2D eigenvalue weighted by atomic mass is 9.98. The number of fused-ring (bicyclic) bond motifs is 3. The molecule has 3 aromatic rings. The number of hydrogen-bond donors (Lipinski definition) is 3. The van der Waals surface area contributed by atoms with E-state index in [-0.39, 0.29) is 24.9 Å². The Balaban J connectivity index is 1.16. The quantitative estimate of drug-likeness (QED) is 0.171. The predicted octanol–water partition coefficient (Wildman–Crippen LogP) is 3.65. The summed E-state index contributed by atoms with van der Waals surface area (Å²) in [5.74, 6) is -1.60. The topological polar surface area (TPSA) is 142 Å². The Morgan fingerprint density at radius 1 is 0.756 bits per heavy atom. The zero-order chi connectivity index (χ0) is 31.9. The van der Waals surface area contributed by atoms with Gasteiger partial charge in [0.1, 0.15) is 12.6 Å². The molecule has 0 aromatic heterocycles. The molecule has 4 rings (SSSR count).